The van der Waals surface area contributed by atoms with Crippen molar-refractivity contribution in [3.8, 4) is 0 Å². The fraction of sp³-hybridized carbons (Fsp3) is 0.619. The lowest BCUT2D eigenvalue weighted by Crippen LogP contribution is -2.46. The lowest BCUT2D eigenvalue weighted by Gasteiger charge is -2.38. The fourth-order valence-corrected chi connectivity index (χ4v) is 4.10. The number of amides is 2. The molecule has 0 aromatic carbocycles. The van der Waals surface area contributed by atoms with Crippen LogP contribution in [-0.4, -0.2) is 76.2 Å². The first-order valence-electron chi connectivity index (χ1n) is 10.4. The first-order valence-corrected chi connectivity index (χ1v) is 10.4. The number of pyridine rings is 1. The Morgan fingerprint density at radius 2 is 1.97 bits per heavy atom. The Labute approximate surface area is 184 Å². The van der Waals surface area contributed by atoms with Gasteiger partial charge in [0, 0.05) is 51.1 Å². The molecular formula is C21H28F3N3O5. The van der Waals surface area contributed by atoms with E-state index in [1.54, 1.807) is 13.3 Å². The molecule has 1 atom stereocenters. The number of carbonyl (C=O) groups excluding carboxylic acids is 2. The molecule has 2 saturated heterocycles. The summed E-state index contributed by atoms with van der Waals surface area (Å²) in [6.45, 7) is 2.58. The number of hydrogen-bond acceptors (Lipinski definition) is 5. The van der Waals surface area contributed by atoms with E-state index in [9.17, 15) is 22.8 Å². The lowest BCUT2D eigenvalue weighted by molar-refractivity contribution is -0.192. The molecule has 0 radical (unpaired) electrons. The van der Waals surface area contributed by atoms with Crippen molar-refractivity contribution < 1.29 is 37.4 Å². The van der Waals surface area contributed by atoms with Gasteiger partial charge in [0.05, 0.1) is 13.0 Å². The van der Waals surface area contributed by atoms with Crippen molar-refractivity contribution >= 4 is 17.8 Å². The van der Waals surface area contributed by atoms with Crippen LogP contribution in [0, 0.1) is 0 Å². The summed E-state index contributed by atoms with van der Waals surface area (Å²) in [5.74, 6) is -2.38. The van der Waals surface area contributed by atoms with Gasteiger partial charge in [0.15, 0.2) is 0 Å². The predicted octanol–water partition coefficient (Wildman–Crippen LogP) is 2.63. The SMILES string of the molecule is COCCC(=O)N1CCCC2(CCC(=O)N2Cc2cccnc2)CC1.O=C(O)C(F)(F)F. The molecule has 0 saturated carbocycles. The molecule has 0 bridgehead atoms. The zero-order valence-corrected chi connectivity index (χ0v) is 17.9. The molecule has 3 rings (SSSR count). The van der Waals surface area contributed by atoms with E-state index in [-0.39, 0.29) is 17.4 Å². The molecule has 1 aromatic rings. The van der Waals surface area contributed by atoms with Crippen LogP contribution in [0.4, 0.5) is 13.2 Å². The first-order chi connectivity index (χ1) is 15.1. The Kier molecular flexibility index (Phi) is 8.99. The molecule has 0 aliphatic carbocycles. The Hall–Kier alpha value is -2.69. The maximum absolute atomic E-state index is 12.5. The zero-order valence-electron chi connectivity index (χ0n) is 17.9. The average molecular weight is 459 g/mol. The van der Waals surface area contributed by atoms with Gasteiger partial charge in [0.1, 0.15) is 0 Å². The number of rotatable bonds is 5. The lowest BCUT2D eigenvalue weighted by atomic mass is 9.87. The number of carbonyl (C=O) groups is 3. The molecular weight excluding hydrogens is 431 g/mol. The smallest absolute Gasteiger partial charge is 0.475 e. The number of methoxy groups -OCH3 is 1. The normalized spacial score (nSPS) is 21.2. The van der Waals surface area contributed by atoms with Gasteiger partial charge in [-0.05, 0) is 37.3 Å². The monoisotopic (exact) mass is 459 g/mol. The maximum Gasteiger partial charge on any atom is 0.490 e. The Bertz CT molecular complexity index is 791. The van der Waals surface area contributed by atoms with Crippen LogP contribution >= 0.6 is 0 Å². The van der Waals surface area contributed by atoms with Crippen LogP contribution in [0.3, 0.4) is 0 Å². The van der Waals surface area contributed by atoms with E-state index in [4.69, 9.17) is 14.6 Å². The van der Waals surface area contributed by atoms with E-state index in [1.807, 2.05) is 28.1 Å². The third-order valence-corrected chi connectivity index (χ3v) is 5.77. The summed E-state index contributed by atoms with van der Waals surface area (Å²) in [6, 6.07) is 3.93. The molecule has 32 heavy (non-hydrogen) atoms. The summed E-state index contributed by atoms with van der Waals surface area (Å²) in [5.41, 5.74) is 0.956. The van der Waals surface area contributed by atoms with Gasteiger partial charge in [-0.15, -0.1) is 0 Å². The van der Waals surface area contributed by atoms with Crippen molar-refractivity contribution in [2.75, 3.05) is 26.8 Å². The van der Waals surface area contributed by atoms with Gasteiger partial charge in [-0.25, -0.2) is 4.79 Å². The number of halogens is 3. The van der Waals surface area contributed by atoms with Gasteiger partial charge in [-0.2, -0.15) is 13.2 Å². The molecule has 178 valence electrons. The van der Waals surface area contributed by atoms with E-state index in [0.717, 1.165) is 44.3 Å². The first kappa shape index (κ1) is 25.6. The summed E-state index contributed by atoms with van der Waals surface area (Å²) < 4.78 is 36.8. The van der Waals surface area contributed by atoms with Gasteiger partial charge >= 0.3 is 12.1 Å². The molecule has 2 amide bonds. The van der Waals surface area contributed by atoms with Gasteiger partial charge in [0.2, 0.25) is 11.8 Å². The third kappa shape index (κ3) is 6.91. The topological polar surface area (TPSA) is 100 Å². The summed E-state index contributed by atoms with van der Waals surface area (Å²) >= 11 is 0. The molecule has 3 heterocycles. The zero-order chi connectivity index (χ0) is 23.8. The standard InChI is InChI=1S/C19H27N3O3.C2HF3O2/c1-25-13-6-17(23)21-11-3-7-19(9-12-21)8-5-18(24)22(19)15-16-4-2-10-20-14-16;3-2(4,5)1(6)7/h2,4,10,14H,3,5-9,11-13,15H2,1H3;(H,6,7). The molecule has 2 aliphatic heterocycles. The Balaban J connectivity index is 0.000000451. The van der Waals surface area contributed by atoms with Crippen molar-refractivity contribution in [2.24, 2.45) is 0 Å². The predicted molar refractivity (Wildman–Crippen MR) is 107 cm³/mol. The largest absolute Gasteiger partial charge is 0.490 e. The van der Waals surface area contributed by atoms with Crippen LogP contribution in [-0.2, 0) is 25.7 Å². The van der Waals surface area contributed by atoms with Crippen LogP contribution < -0.4 is 0 Å². The summed E-state index contributed by atoms with van der Waals surface area (Å²) in [6.07, 6.45) is 3.20. The van der Waals surface area contributed by atoms with Crippen molar-refractivity contribution in [3.63, 3.8) is 0 Å². The number of ether oxygens (including phenoxy) is 1. The molecule has 8 nitrogen and oxygen atoms in total. The molecule has 2 fully saturated rings. The minimum absolute atomic E-state index is 0.108. The van der Waals surface area contributed by atoms with Crippen LogP contribution in [0.2, 0.25) is 0 Å². The summed E-state index contributed by atoms with van der Waals surface area (Å²) in [5, 5.41) is 7.12. The van der Waals surface area contributed by atoms with Gasteiger partial charge < -0.3 is 19.6 Å². The minimum atomic E-state index is -5.08. The highest BCUT2D eigenvalue weighted by Crippen LogP contribution is 2.40. The second-order valence-corrected chi connectivity index (χ2v) is 7.85. The van der Waals surface area contributed by atoms with Crippen molar-refractivity contribution in [2.45, 2.75) is 56.8 Å². The summed E-state index contributed by atoms with van der Waals surface area (Å²) in [7, 11) is 1.62. The Morgan fingerprint density at radius 3 is 2.56 bits per heavy atom. The highest BCUT2D eigenvalue weighted by molar-refractivity contribution is 5.80. The number of aromatic nitrogens is 1. The minimum Gasteiger partial charge on any atom is -0.475 e. The van der Waals surface area contributed by atoms with Crippen molar-refractivity contribution in [1.82, 2.24) is 14.8 Å². The van der Waals surface area contributed by atoms with E-state index in [2.05, 4.69) is 4.98 Å². The van der Waals surface area contributed by atoms with Crippen LogP contribution in [0.25, 0.3) is 0 Å². The molecule has 1 spiro atoms. The molecule has 2 aliphatic rings. The molecule has 11 heteroatoms. The molecule has 1 aromatic heterocycles. The Morgan fingerprint density at radius 1 is 1.25 bits per heavy atom. The molecule has 1 N–H and O–H groups in total. The van der Waals surface area contributed by atoms with Crippen LogP contribution in [0.15, 0.2) is 24.5 Å². The number of nitrogens with zero attached hydrogens (tertiary/aromatic N) is 3. The van der Waals surface area contributed by atoms with Crippen molar-refractivity contribution in [3.05, 3.63) is 30.1 Å². The van der Waals surface area contributed by atoms with E-state index in [1.165, 1.54) is 0 Å². The van der Waals surface area contributed by atoms with Gasteiger partial charge in [-0.3, -0.25) is 14.6 Å². The second kappa shape index (κ2) is 11.3. The van der Waals surface area contributed by atoms with Crippen molar-refractivity contribution in [1.29, 1.82) is 0 Å². The van der Waals surface area contributed by atoms with E-state index < -0.39 is 12.1 Å². The van der Waals surface area contributed by atoms with E-state index in [0.29, 0.717) is 26.0 Å². The fourth-order valence-electron chi connectivity index (χ4n) is 4.10. The number of carboxylic acids is 1. The number of hydrogen-bond donors (Lipinski definition) is 1. The number of alkyl halides is 3. The number of aliphatic carboxylic acids is 1. The van der Waals surface area contributed by atoms with E-state index >= 15 is 0 Å². The summed E-state index contributed by atoms with van der Waals surface area (Å²) in [4.78, 5) is 41.9. The number of carboxylic acid groups (broad SMARTS) is 1. The van der Waals surface area contributed by atoms with Crippen LogP contribution in [0.1, 0.15) is 44.1 Å². The molecule has 1 unspecified atom stereocenters. The van der Waals surface area contributed by atoms with Crippen LogP contribution in [0.5, 0.6) is 0 Å². The highest BCUT2D eigenvalue weighted by atomic mass is 19.4. The average Bonchev–Trinajstić information content (AvgIpc) is 2.92. The van der Waals surface area contributed by atoms with Gasteiger partial charge in [0.25, 0.3) is 0 Å². The number of likely N-dealkylation sites (tertiary alicyclic amines) is 2. The third-order valence-electron chi connectivity index (χ3n) is 5.77. The maximum atomic E-state index is 12.5. The quantitative estimate of drug-likeness (QED) is 0.727. The highest BCUT2D eigenvalue weighted by Gasteiger charge is 2.45. The van der Waals surface area contributed by atoms with Gasteiger partial charge in [-0.1, -0.05) is 6.07 Å². The second-order valence-electron chi connectivity index (χ2n) is 7.85.